The summed E-state index contributed by atoms with van der Waals surface area (Å²) >= 11 is 7.58. The Kier molecular flexibility index (Phi) is 3.40. The van der Waals surface area contributed by atoms with E-state index in [1.54, 1.807) is 16.3 Å². The molecule has 0 radical (unpaired) electrons. The number of thioether (sulfide) groups is 1. The molecule has 0 saturated heterocycles. The topological polar surface area (TPSA) is 43.1 Å². The molecule has 0 spiro atoms. The summed E-state index contributed by atoms with van der Waals surface area (Å²) in [6, 6.07) is 9.88. The summed E-state index contributed by atoms with van der Waals surface area (Å²) in [5, 5.41) is 5.98. The average molecular weight is 291 g/mol. The molecule has 1 aromatic carbocycles. The Morgan fingerprint density at radius 2 is 2.05 bits per heavy atom. The molecule has 0 saturated carbocycles. The summed E-state index contributed by atoms with van der Waals surface area (Å²) in [4.78, 5) is 8.44. The summed E-state index contributed by atoms with van der Waals surface area (Å²) in [6.45, 7) is 1.96. The maximum Gasteiger partial charge on any atom is 0.253 e. The quantitative estimate of drug-likeness (QED) is 0.548. The lowest BCUT2D eigenvalue weighted by atomic mass is 10.2. The van der Waals surface area contributed by atoms with Crippen LogP contribution in [0.3, 0.4) is 0 Å². The van der Waals surface area contributed by atoms with Gasteiger partial charge in [0, 0.05) is 16.5 Å². The van der Waals surface area contributed by atoms with Crippen molar-refractivity contribution in [3.8, 4) is 0 Å². The summed E-state index contributed by atoms with van der Waals surface area (Å²) < 4.78 is 1.76. The third-order valence-electron chi connectivity index (χ3n) is 2.65. The Morgan fingerprint density at radius 1 is 1.26 bits per heavy atom. The third-order valence-corrected chi connectivity index (χ3v) is 3.96. The van der Waals surface area contributed by atoms with E-state index in [1.165, 1.54) is 11.9 Å². The van der Waals surface area contributed by atoms with Crippen LogP contribution in [0.25, 0.3) is 5.78 Å². The Balaban J connectivity index is 1.85. The van der Waals surface area contributed by atoms with Gasteiger partial charge < -0.3 is 0 Å². The van der Waals surface area contributed by atoms with Crippen LogP contribution in [-0.2, 0) is 5.75 Å². The molecule has 0 N–H and O–H groups in total. The fourth-order valence-electron chi connectivity index (χ4n) is 1.74. The van der Waals surface area contributed by atoms with Crippen molar-refractivity contribution < 1.29 is 0 Å². The van der Waals surface area contributed by atoms with Gasteiger partial charge in [-0.3, -0.25) is 0 Å². The molecule has 0 aliphatic heterocycles. The van der Waals surface area contributed by atoms with Crippen LogP contribution in [0, 0.1) is 6.92 Å². The molecule has 0 unspecified atom stereocenters. The van der Waals surface area contributed by atoms with Gasteiger partial charge in [0.05, 0.1) is 0 Å². The van der Waals surface area contributed by atoms with Gasteiger partial charge in [-0.2, -0.15) is 14.6 Å². The van der Waals surface area contributed by atoms with E-state index >= 15 is 0 Å². The lowest BCUT2D eigenvalue weighted by molar-refractivity contribution is 0.833. The molecule has 0 amide bonds. The molecule has 96 valence electrons. The third kappa shape index (κ3) is 2.72. The lowest BCUT2D eigenvalue weighted by Gasteiger charge is -2.05. The summed E-state index contributed by atoms with van der Waals surface area (Å²) in [5.41, 5.74) is 2.16. The molecule has 3 aromatic rings. The van der Waals surface area contributed by atoms with Crippen molar-refractivity contribution in [3.63, 3.8) is 0 Å². The van der Waals surface area contributed by atoms with E-state index in [0.29, 0.717) is 5.78 Å². The van der Waals surface area contributed by atoms with Gasteiger partial charge in [-0.15, -0.1) is 11.8 Å². The molecule has 3 rings (SSSR count). The van der Waals surface area contributed by atoms with Crippen LogP contribution in [0.1, 0.15) is 11.3 Å². The van der Waals surface area contributed by atoms with Gasteiger partial charge in [0.15, 0.2) is 0 Å². The average Bonchev–Trinajstić information content (AvgIpc) is 2.85. The second kappa shape index (κ2) is 5.19. The minimum absolute atomic E-state index is 0.638. The van der Waals surface area contributed by atoms with Gasteiger partial charge in [0.1, 0.15) is 11.4 Å². The molecule has 4 nitrogen and oxygen atoms in total. The maximum absolute atomic E-state index is 5.88. The number of halogens is 1. The Labute approximate surface area is 119 Å². The molecule has 0 atom stereocenters. The predicted molar refractivity (Wildman–Crippen MR) is 76.5 cm³/mol. The van der Waals surface area contributed by atoms with Gasteiger partial charge >= 0.3 is 0 Å². The Bertz CT molecular complexity index is 708. The highest BCUT2D eigenvalue weighted by Crippen LogP contribution is 2.23. The molecule has 0 aliphatic rings. The molecular formula is C13H11ClN4S. The van der Waals surface area contributed by atoms with Crippen LogP contribution in [0.2, 0.25) is 5.02 Å². The zero-order valence-corrected chi connectivity index (χ0v) is 11.8. The minimum Gasteiger partial charge on any atom is -0.216 e. The van der Waals surface area contributed by atoms with E-state index in [1.807, 2.05) is 37.3 Å². The SMILES string of the molecule is Cc1cc(SCc2ccc(Cl)cc2)n2ncnc2n1. The molecular weight excluding hydrogens is 280 g/mol. The number of hydrogen-bond acceptors (Lipinski definition) is 4. The molecule has 2 aromatic heterocycles. The lowest BCUT2D eigenvalue weighted by Crippen LogP contribution is -1.97. The first kappa shape index (κ1) is 12.4. The second-order valence-corrected chi connectivity index (χ2v) is 5.55. The molecule has 19 heavy (non-hydrogen) atoms. The number of fused-ring (bicyclic) bond motifs is 1. The standard InChI is InChI=1S/C13H11ClN4S/c1-9-6-12(18-13(17-9)15-8-16-18)19-7-10-2-4-11(14)5-3-10/h2-6,8H,7H2,1H3. The number of nitrogens with zero attached hydrogens (tertiary/aromatic N) is 4. The van der Waals surface area contributed by atoms with Crippen molar-refractivity contribution >= 4 is 29.1 Å². The van der Waals surface area contributed by atoms with Crippen molar-refractivity contribution in [1.29, 1.82) is 0 Å². The predicted octanol–water partition coefficient (Wildman–Crippen LogP) is 3.38. The number of rotatable bonds is 3. The molecule has 0 aliphatic carbocycles. The summed E-state index contributed by atoms with van der Waals surface area (Å²) in [7, 11) is 0. The summed E-state index contributed by atoms with van der Waals surface area (Å²) in [5.74, 6) is 1.49. The Hall–Kier alpha value is -1.59. The fourth-order valence-corrected chi connectivity index (χ4v) is 2.88. The van der Waals surface area contributed by atoms with Crippen molar-refractivity contribution in [2.24, 2.45) is 0 Å². The highest BCUT2D eigenvalue weighted by atomic mass is 35.5. The van der Waals surface area contributed by atoms with E-state index in [0.717, 1.165) is 21.5 Å². The highest BCUT2D eigenvalue weighted by Gasteiger charge is 2.06. The number of aryl methyl sites for hydroxylation is 1. The minimum atomic E-state index is 0.638. The maximum atomic E-state index is 5.88. The van der Waals surface area contributed by atoms with E-state index in [4.69, 9.17) is 11.6 Å². The second-order valence-electron chi connectivity index (χ2n) is 4.12. The van der Waals surface area contributed by atoms with Gasteiger partial charge in [-0.25, -0.2) is 4.98 Å². The largest absolute Gasteiger partial charge is 0.253 e. The number of aromatic nitrogens is 4. The van der Waals surface area contributed by atoms with Crippen LogP contribution in [0.4, 0.5) is 0 Å². The normalized spacial score (nSPS) is 11.1. The van der Waals surface area contributed by atoms with Crippen LogP contribution >= 0.6 is 23.4 Å². The van der Waals surface area contributed by atoms with Crippen molar-refractivity contribution in [3.05, 3.63) is 52.9 Å². The molecule has 0 fully saturated rings. The first-order valence-corrected chi connectivity index (χ1v) is 7.13. The summed E-state index contributed by atoms with van der Waals surface area (Å²) in [6.07, 6.45) is 1.52. The van der Waals surface area contributed by atoms with Crippen molar-refractivity contribution in [2.75, 3.05) is 0 Å². The number of benzene rings is 1. The van der Waals surface area contributed by atoms with Gasteiger partial charge in [-0.1, -0.05) is 23.7 Å². The van der Waals surface area contributed by atoms with Crippen LogP contribution < -0.4 is 0 Å². The van der Waals surface area contributed by atoms with Gasteiger partial charge in [0.2, 0.25) is 0 Å². The van der Waals surface area contributed by atoms with Crippen molar-refractivity contribution in [2.45, 2.75) is 17.7 Å². The zero-order valence-electron chi connectivity index (χ0n) is 10.2. The van der Waals surface area contributed by atoms with Gasteiger partial charge in [-0.05, 0) is 30.7 Å². The Morgan fingerprint density at radius 3 is 2.84 bits per heavy atom. The fraction of sp³-hybridized carbons (Fsp3) is 0.154. The molecule has 0 bridgehead atoms. The van der Waals surface area contributed by atoms with E-state index in [2.05, 4.69) is 15.1 Å². The van der Waals surface area contributed by atoms with Crippen molar-refractivity contribution in [1.82, 2.24) is 19.6 Å². The van der Waals surface area contributed by atoms with Crippen LogP contribution in [-0.4, -0.2) is 19.6 Å². The zero-order chi connectivity index (χ0) is 13.2. The highest BCUT2D eigenvalue weighted by molar-refractivity contribution is 7.98. The molecule has 2 heterocycles. The van der Waals surface area contributed by atoms with Crippen LogP contribution in [0.15, 0.2) is 41.7 Å². The smallest absolute Gasteiger partial charge is 0.216 e. The van der Waals surface area contributed by atoms with E-state index in [-0.39, 0.29) is 0 Å². The molecule has 6 heteroatoms. The monoisotopic (exact) mass is 290 g/mol. The van der Waals surface area contributed by atoms with Gasteiger partial charge in [0.25, 0.3) is 5.78 Å². The van der Waals surface area contributed by atoms with Crippen LogP contribution in [0.5, 0.6) is 0 Å². The first-order chi connectivity index (χ1) is 9.22. The van der Waals surface area contributed by atoms with E-state index in [9.17, 15) is 0 Å². The van der Waals surface area contributed by atoms with E-state index < -0.39 is 0 Å². The first-order valence-electron chi connectivity index (χ1n) is 5.77. The number of hydrogen-bond donors (Lipinski definition) is 0.